The molecule has 2 unspecified atom stereocenters. The number of ether oxygens (including phenoxy) is 1. The number of carboxylic acid groups (broad SMARTS) is 1. The van der Waals surface area contributed by atoms with E-state index in [4.69, 9.17) is 36.5 Å². The third kappa shape index (κ3) is 9.33. The summed E-state index contributed by atoms with van der Waals surface area (Å²) < 4.78 is 39.2. The molecule has 0 radical (unpaired) electrons. The fourth-order valence-electron chi connectivity index (χ4n) is 3.35. The SMILES string of the molecule is COC(CC(=O)NO)C(Cc1ccc(Cl)cc1)c1ccn(Cc2ccccc2)n1.O=C(O)C(F)(F)F. The van der Waals surface area contributed by atoms with Gasteiger partial charge in [-0.1, -0.05) is 54.1 Å². The number of carbonyl (C=O) groups is 2. The summed E-state index contributed by atoms with van der Waals surface area (Å²) in [5.41, 5.74) is 4.72. The van der Waals surface area contributed by atoms with Crippen molar-refractivity contribution in [3.63, 3.8) is 0 Å². The summed E-state index contributed by atoms with van der Waals surface area (Å²) in [6, 6.07) is 19.6. The van der Waals surface area contributed by atoms with Gasteiger partial charge in [-0.25, -0.2) is 10.3 Å². The molecule has 1 amide bonds. The molecule has 0 fully saturated rings. The summed E-state index contributed by atoms with van der Waals surface area (Å²) in [5.74, 6) is -3.43. The monoisotopic (exact) mass is 527 g/mol. The number of hydroxylamine groups is 1. The zero-order chi connectivity index (χ0) is 26.7. The maximum Gasteiger partial charge on any atom is 0.490 e. The van der Waals surface area contributed by atoms with Gasteiger partial charge >= 0.3 is 12.1 Å². The molecule has 8 nitrogen and oxygen atoms in total. The molecular weight excluding hydrogens is 503 g/mol. The van der Waals surface area contributed by atoms with Gasteiger partial charge in [-0.05, 0) is 35.7 Å². The van der Waals surface area contributed by atoms with E-state index < -0.39 is 24.2 Å². The Morgan fingerprint density at radius 2 is 1.69 bits per heavy atom. The molecule has 2 atom stereocenters. The van der Waals surface area contributed by atoms with Crippen LogP contribution in [0.15, 0.2) is 66.9 Å². The second-order valence-corrected chi connectivity index (χ2v) is 8.11. The van der Waals surface area contributed by atoms with Crippen molar-refractivity contribution in [3.8, 4) is 0 Å². The number of amides is 1. The van der Waals surface area contributed by atoms with Gasteiger partial charge in [-0.15, -0.1) is 0 Å². The molecule has 3 N–H and O–H groups in total. The lowest BCUT2D eigenvalue weighted by Crippen LogP contribution is -2.31. The molecule has 2 aromatic carbocycles. The number of methoxy groups -OCH3 is 1. The van der Waals surface area contributed by atoms with Crippen LogP contribution in [0, 0.1) is 0 Å². The van der Waals surface area contributed by atoms with Crippen molar-refractivity contribution in [2.45, 2.75) is 37.6 Å². The molecule has 194 valence electrons. The van der Waals surface area contributed by atoms with E-state index in [0.29, 0.717) is 18.0 Å². The van der Waals surface area contributed by atoms with Crippen LogP contribution in [0.3, 0.4) is 0 Å². The van der Waals surface area contributed by atoms with Gasteiger partial charge in [-0.3, -0.25) is 14.7 Å². The average molecular weight is 528 g/mol. The number of hydrogen-bond donors (Lipinski definition) is 3. The standard InChI is InChI=1S/C22H24ClN3O3.C2HF3O2/c1-29-21(14-22(27)25-28)19(13-16-7-9-18(23)10-8-16)20-11-12-26(24-20)15-17-5-3-2-4-6-17;3-2(4,5)1(6)7/h2-12,19,21,28H,13-15H2,1H3,(H,25,27);(H,6,7). The Morgan fingerprint density at radius 1 is 1.08 bits per heavy atom. The lowest BCUT2D eigenvalue weighted by Gasteiger charge is -2.24. The van der Waals surface area contributed by atoms with Gasteiger partial charge in [0.05, 0.1) is 24.8 Å². The van der Waals surface area contributed by atoms with Gasteiger partial charge < -0.3 is 9.84 Å². The van der Waals surface area contributed by atoms with E-state index >= 15 is 0 Å². The Kier molecular flexibility index (Phi) is 10.9. The van der Waals surface area contributed by atoms with E-state index in [-0.39, 0.29) is 12.3 Å². The van der Waals surface area contributed by atoms with Gasteiger partial charge in [-0.2, -0.15) is 18.3 Å². The first kappa shape index (κ1) is 28.8. The number of nitrogens with zero attached hydrogens (tertiary/aromatic N) is 2. The molecule has 1 heterocycles. The molecular formula is C24H25ClF3N3O5. The van der Waals surface area contributed by atoms with Crippen molar-refractivity contribution in [2.75, 3.05) is 7.11 Å². The fraction of sp³-hybridized carbons (Fsp3) is 0.292. The van der Waals surface area contributed by atoms with Crippen LogP contribution in [0.4, 0.5) is 13.2 Å². The first-order chi connectivity index (χ1) is 17.0. The van der Waals surface area contributed by atoms with E-state index in [1.54, 1.807) is 12.6 Å². The number of aliphatic carboxylic acids is 1. The topological polar surface area (TPSA) is 114 Å². The normalized spacial score (nSPS) is 12.7. The molecule has 0 aliphatic rings. The van der Waals surface area contributed by atoms with E-state index in [9.17, 15) is 18.0 Å². The van der Waals surface area contributed by atoms with Crippen molar-refractivity contribution in [1.29, 1.82) is 0 Å². The number of aromatic nitrogens is 2. The Hall–Kier alpha value is -3.41. The maximum atomic E-state index is 11.8. The van der Waals surface area contributed by atoms with E-state index in [0.717, 1.165) is 16.8 Å². The Labute approximate surface area is 210 Å². The Balaban J connectivity index is 0.000000572. The van der Waals surface area contributed by atoms with Crippen molar-refractivity contribution < 1.29 is 37.8 Å². The Bertz CT molecular complexity index is 1110. The molecule has 3 aromatic rings. The smallest absolute Gasteiger partial charge is 0.475 e. The molecule has 0 saturated carbocycles. The number of carboxylic acids is 1. The predicted molar refractivity (Wildman–Crippen MR) is 125 cm³/mol. The van der Waals surface area contributed by atoms with Crippen LogP contribution in [0.25, 0.3) is 0 Å². The summed E-state index contributed by atoms with van der Waals surface area (Å²) in [6.45, 7) is 0.656. The van der Waals surface area contributed by atoms with Gasteiger partial charge in [0.25, 0.3) is 0 Å². The van der Waals surface area contributed by atoms with Crippen LogP contribution in [0.1, 0.15) is 29.2 Å². The van der Waals surface area contributed by atoms with E-state index in [2.05, 4.69) is 12.1 Å². The van der Waals surface area contributed by atoms with Crippen molar-refractivity contribution in [1.82, 2.24) is 15.3 Å². The number of halogens is 4. The quantitative estimate of drug-likeness (QED) is 0.280. The molecule has 0 spiro atoms. The molecule has 0 aliphatic heterocycles. The Morgan fingerprint density at radius 3 is 2.22 bits per heavy atom. The minimum Gasteiger partial charge on any atom is -0.475 e. The summed E-state index contributed by atoms with van der Waals surface area (Å²) in [7, 11) is 1.56. The molecule has 36 heavy (non-hydrogen) atoms. The molecule has 1 aromatic heterocycles. The van der Waals surface area contributed by atoms with Crippen molar-refractivity contribution in [2.24, 2.45) is 0 Å². The number of hydrogen-bond acceptors (Lipinski definition) is 5. The summed E-state index contributed by atoms with van der Waals surface area (Å²) in [4.78, 5) is 20.7. The maximum absolute atomic E-state index is 11.8. The number of carbonyl (C=O) groups excluding carboxylic acids is 1. The lowest BCUT2D eigenvalue weighted by molar-refractivity contribution is -0.192. The highest BCUT2D eigenvalue weighted by Crippen LogP contribution is 2.28. The first-order valence-electron chi connectivity index (χ1n) is 10.6. The average Bonchev–Trinajstić information content (AvgIpc) is 3.30. The van der Waals surface area contributed by atoms with Gasteiger partial charge in [0.2, 0.25) is 5.91 Å². The van der Waals surface area contributed by atoms with Gasteiger partial charge in [0.15, 0.2) is 0 Å². The first-order valence-corrected chi connectivity index (χ1v) is 11.0. The molecule has 12 heteroatoms. The van der Waals surface area contributed by atoms with Crippen LogP contribution in [-0.2, 0) is 27.3 Å². The molecule has 0 bridgehead atoms. The molecule has 3 rings (SSSR count). The minimum absolute atomic E-state index is 0.0246. The fourth-order valence-corrected chi connectivity index (χ4v) is 3.48. The molecule has 0 saturated heterocycles. The summed E-state index contributed by atoms with van der Waals surface area (Å²) >= 11 is 6.00. The van der Waals surface area contributed by atoms with Crippen LogP contribution in [0.2, 0.25) is 5.02 Å². The third-order valence-corrected chi connectivity index (χ3v) is 5.35. The number of rotatable bonds is 9. The highest BCUT2D eigenvalue weighted by molar-refractivity contribution is 6.30. The largest absolute Gasteiger partial charge is 0.490 e. The van der Waals surface area contributed by atoms with E-state index in [1.165, 1.54) is 0 Å². The summed E-state index contributed by atoms with van der Waals surface area (Å²) in [6.07, 6.45) is -2.96. The summed E-state index contributed by atoms with van der Waals surface area (Å²) in [5, 5.41) is 21.5. The third-order valence-electron chi connectivity index (χ3n) is 5.10. The van der Waals surface area contributed by atoms with Gasteiger partial charge in [0, 0.05) is 24.2 Å². The van der Waals surface area contributed by atoms with Crippen LogP contribution in [0.5, 0.6) is 0 Å². The van der Waals surface area contributed by atoms with E-state index in [1.807, 2.05) is 59.4 Å². The molecule has 0 aliphatic carbocycles. The zero-order valence-electron chi connectivity index (χ0n) is 19.2. The minimum atomic E-state index is -5.08. The predicted octanol–water partition coefficient (Wildman–Crippen LogP) is 4.45. The van der Waals surface area contributed by atoms with Crippen molar-refractivity contribution >= 4 is 23.5 Å². The number of alkyl halides is 3. The highest BCUT2D eigenvalue weighted by atomic mass is 35.5. The number of nitrogens with one attached hydrogen (secondary N) is 1. The second-order valence-electron chi connectivity index (χ2n) is 7.68. The van der Waals surface area contributed by atoms with Crippen molar-refractivity contribution in [3.05, 3.63) is 88.7 Å². The lowest BCUT2D eigenvalue weighted by atomic mass is 9.89. The van der Waals surface area contributed by atoms with Crippen LogP contribution >= 0.6 is 11.6 Å². The van der Waals surface area contributed by atoms with Crippen LogP contribution in [-0.4, -0.2) is 51.4 Å². The van der Waals surface area contributed by atoms with Gasteiger partial charge in [0.1, 0.15) is 0 Å². The second kappa shape index (κ2) is 13.6. The number of benzene rings is 2. The highest BCUT2D eigenvalue weighted by Gasteiger charge is 2.38. The van der Waals surface area contributed by atoms with Crippen LogP contribution < -0.4 is 5.48 Å². The zero-order valence-corrected chi connectivity index (χ0v) is 19.9.